The molecule has 0 fully saturated rings. The molecule has 0 bridgehead atoms. The van der Waals surface area contributed by atoms with Gasteiger partial charge in [-0.15, -0.1) is 0 Å². The van der Waals surface area contributed by atoms with Crippen molar-refractivity contribution in [1.82, 2.24) is 5.32 Å². The van der Waals surface area contributed by atoms with Crippen molar-refractivity contribution in [2.24, 2.45) is 5.92 Å². The first kappa shape index (κ1) is 12.9. The summed E-state index contributed by atoms with van der Waals surface area (Å²) in [5, 5.41) is 4.62. The van der Waals surface area contributed by atoms with E-state index in [1.165, 1.54) is 5.56 Å². The van der Waals surface area contributed by atoms with E-state index in [4.69, 9.17) is 4.74 Å². The molecule has 0 aliphatic carbocycles. The largest absolute Gasteiger partial charge is 0.493 e. The lowest BCUT2D eigenvalue weighted by atomic mass is 10.00. The van der Waals surface area contributed by atoms with Crippen LogP contribution >= 0.6 is 15.9 Å². The zero-order valence-corrected chi connectivity index (χ0v) is 12.0. The lowest BCUT2D eigenvalue weighted by Gasteiger charge is -2.21. The minimum absolute atomic E-state index is 0.492. The second-order valence-corrected chi connectivity index (χ2v) is 5.61. The van der Waals surface area contributed by atoms with E-state index < -0.39 is 0 Å². The first-order chi connectivity index (χ1) is 8.22. The van der Waals surface area contributed by atoms with E-state index in [-0.39, 0.29) is 0 Å². The van der Waals surface area contributed by atoms with Crippen LogP contribution in [0.2, 0.25) is 0 Å². The van der Waals surface area contributed by atoms with Crippen molar-refractivity contribution in [1.29, 1.82) is 0 Å². The fourth-order valence-electron chi connectivity index (χ4n) is 2.16. The molecule has 2 unspecified atom stereocenters. The molecule has 1 N–H and O–H groups in total. The highest BCUT2D eigenvalue weighted by Crippen LogP contribution is 2.32. The molecule has 94 valence electrons. The highest BCUT2D eigenvalue weighted by Gasteiger charge is 2.24. The molecule has 1 heterocycles. The molecule has 1 aliphatic rings. The summed E-state index contributed by atoms with van der Waals surface area (Å²) in [5.74, 6) is 2.19. The second-order valence-electron chi connectivity index (χ2n) is 4.96. The first-order valence-corrected chi connectivity index (χ1v) is 7.35. The summed E-state index contributed by atoms with van der Waals surface area (Å²) in [6.45, 7) is 6.29. The maximum Gasteiger partial charge on any atom is 0.122 e. The number of rotatable bonds is 5. The standard InChI is InChI=1S/C14H20BrNO/c1-10(2)13(7-15)16-8-11-9-17-14-6-4-3-5-12(11)14/h3-6,10-11,13,16H,7-9H2,1-2H3. The monoisotopic (exact) mass is 297 g/mol. The Kier molecular flexibility index (Phi) is 4.46. The molecule has 0 aromatic heterocycles. The molecule has 17 heavy (non-hydrogen) atoms. The topological polar surface area (TPSA) is 21.3 Å². The van der Waals surface area contributed by atoms with Gasteiger partial charge in [-0.1, -0.05) is 48.0 Å². The molecule has 1 aliphatic heterocycles. The van der Waals surface area contributed by atoms with Crippen molar-refractivity contribution in [3.63, 3.8) is 0 Å². The molecule has 2 nitrogen and oxygen atoms in total. The zero-order chi connectivity index (χ0) is 12.3. The van der Waals surface area contributed by atoms with Gasteiger partial charge < -0.3 is 10.1 Å². The minimum atomic E-state index is 0.492. The van der Waals surface area contributed by atoms with Crippen LogP contribution < -0.4 is 10.1 Å². The highest BCUT2D eigenvalue weighted by molar-refractivity contribution is 9.09. The molecule has 3 heteroatoms. The van der Waals surface area contributed by atoms with Crippen molar-refractivity contribution in [2.75, 3.05) is 18.5 Å². The number of hydrogen-bond acceptors (Lipinski definition) is 2. The number of ether oxygens (including phenoxy) is 1. The van der Waals surface area contributed by atoms with E-state index in [1.807, 2.05) is 6.07 Å². The molecule has 1 aromatic carbocycles. The van der Waals surface area contributed by atoms with Crippen molar-refractivity contribution < 1.29 is 4.74 Å². The zero-order valence-electron chi connectivity index (χ0n) is 10.4. The molecule has 0 spiro atoms. The molecule has 0 amide bonds. The number of hydrogen-bond donors (Lipinski definition) is 1. The van der Waals surface area contributed by atoms with Gasteiger partial charge >= 0.3 is 0 Å². The fraction of sp³-hybridized carbons (Fsp3) is 0.571. The van der Waals surface area contributed by atoms with E-state index in [2.05, 4.69) is 53.3 Å². The lowest BCUT2D eigenvalue weighted by molar-refractivity contribution is 0.317. The van der Waals surface area contributed by atoms with Gasteiger partial charge in [-0.25, -0.2) is 0 Å². The van der Waals surface area contributed by atoms with Gasteiger partial charge in [0, 0.05) is 29.4 Å². The van der Waals surface area contributed by atoms with E-state index in [1.54, 1.807) is 0 Å². The lowest BCUT2D eigenvalue weighted by Crippen LogP contribution is -2.38. The van der Waals surface area contributed by atoms with Gasteiger partial charge in [-0.2, -0.15) is 0 Å². The first-order valence-electron chi connectivity index (χ1n) is 6.23. The number of fused-ring (bicyclic) bond motifs is 1. The van der Waals surface area contributed by atoms with Crippen LogP contribution in [0.5, 0.6) is 5.75 Å². The molecule has 0 saturated carbocycles. The molecular formula is C14H20BrNO. The van der Waals surface area contributed by atoms with Crippen LogP contribution in [0.25, 0.3) is 0 Å². The maximum atomic E-state index is 5.69. The Morgan fingerprint density at radius 1 is 1.41 bits per heavy atom. The smallest absolute Gasteiger partial charge is 0.122 e. The predicted molar refractivity (Wildman–Crippen MR) is 75.1 cm³/mol. The summed E-state index contributed by atoms with van der Waals surface area (Å²) < 4.78 is 5.69. The van der Waals surface area contributed by atoms with Gasteiger partial charge in [0.15, 0.2) is 0 Å². The van der Waals surface area contributed by atoms with E-state index in [0.717, 1.165) is 24.2 Å². The predicted octanol–water partition coefficient (Wildman–Crippen LogP) is 3.17. The van der Waals surface area contributed by atoms with Crippen LogP contribution in [-0.4, -0.2) is 24.5 Å². The van der Waals surface area contributed by atoms with Crippen molar-refractivity contribution in [2.45, 2.75) is 25.8 Å². The average molecular weight is 298 g/mol. The number of nitrogens with one attached hydrogen (secondary N) is 1. The third-order valence-electron chi connectivity index (χ3n) is 3.40. The van der Waals surface area contributed by atoms with Gasteiger partial charge in [0.1, 0.15) is 5.75 Å². The minimum Gasteiger partial charge on any atom is -0.493 e. The van der Waals surface area contributed by atoms with Crippen molar-refractivity contribution >= 4 is 15.9 Å². The van der Waals surface area contributed by atoms with Crippen molar-refractivity contribution in [3.8, 4) is 5.75 Å². The third kappa shape index (κ3) is 3.02. The number of halogens is 1. The van der Waals surface area contributed by atoms with Gasteiger partial charge in [0.05, 0.1) is 6.61 Å². The van der Waals surface area contributed by atoms with Crippen LogP contribution in [0, 0.1) is 5.92 Å². The van der Waals surface area contributed by atoms with Gasteiger partial charge in [0.25, 0.3) is 0 Å². The number of alkyl halides is 1. The molecule has 1 aromatic rings. The summed E-state index contributed by atoms with van der Waals surface area (Å²) in [6.07, 6.45) is 0. The normalized spacial score (nSPS) is 20.1. The maximum absolute atomic E-state index is 5.69. The Balaban J connectivity index is 1.93. The SMILES string of the molecule is CC(C)C(CBr)NCC1COc2ccccc21. The fourth-order valence-corrected chi connectivity index (χ4v) is 3.14. The Morgan fingerprint density at radius 3 is 2.88 bits per heavy atom. The molecule has 2 atom stereocenters. The van der Waals surface area contributed by atoms with Gasteiger partial charge in [0.2, 0.25) is 0 Å². The van der Waals surface area contributed by atoms with Crippen LogP contribution in [0.4, 0.5) is 0 Å². The number of benzene rings is 1. The van der Waals surface area contributed by atoms with Crippen LogP contribution in [0.15, 0.2) is 24.3 Å². The second kappa shape index (κ2) is 5.87. The van der Waals surface area contributed by atoms with Gasteiger partial charge in [-0.05, 0) is 12.0 Å². The third-order valence-corrected chi connectivity index (χ3v) is 4.09. The molecule has 0 saturated heterocycles. The molecule has 0 radical (unpaired) electrons. The van der Waals surface area contributed by atoms with E-state index in [9.17, 15) is 0 Å². The Labute approximate surface area is 112 Å². The summed E-state index contributed by atoms with van der Waals surface area (Å²) >= 11 is 3.56. The quantitative estimate of drug-likeness (QED) is 0.843. The van der Waals surface area contributed by atoms with Gasteiger partial charge in [-0.3, -0.25) is 0 Å². The van der Waals surface area contributed by atoms with Crippen LogP contribution in [0.1, 0.15) is 25.3 Å². The van der Waals surface area contributed by atoms with Crippen LogP contribution in [-0.2, 0) is 0 Å². The molecule has 2 rings (SSSR count). The summed E-state index contributed by atoms with van der Waals surface area (Å²) in [7, 11) is 0. The summed E-state index contributed by atoms with van der Waals surface area (Å²) in [6, 6.07) is 8.88. The summed E-state index contributed by atoms with van der Waals surface area (Å²) in [5.41, 5.74) is 1.34. The average Bonchev–Trinajstić information content (AvgIpc) is 2.73. The van der Waals surface area contributed by atoms with E-state index >= 15 is 0 Å². The van der Waals surface area contributed by atoms with E-state index in [0.29, 0.717) is 17.9 Å². The Hall–Kier alpha value is -0.540. The summed E-state index contributed by atoms with van der Waals surface area (Å²) in [4.78, 5) is 0. The van der Waals surface area contributed by atoms with Crippen molar-refractivity contribution in [3.05, 3.63) is 29.8 Å². The van der Waals surface area contributed by atoms with Crippen LogP contribution in [0.3, 0.4) is 0 Å². The molecular weight excluding hydrogens is 278 g/mol. The number of para-hydroxylation sites is 1. The Morgan fingerprint density at radius 2 is 2.18 bits per heavy atom. The highest BCUT2D eigenvalue weighted by atomic mass is 79.9. The Bertz CT molecular complexity index is 367.